The Bertz CT molecular complexity index is 610. The van der Waals surface area contributed by atoms with E-state index in [4.69, 9.17) is 4.74 Å². The van der Waals surface area contributed by atoms with Crippen LogP contribution in [0.25, 0.3) is 11.1 Å². The highest BCUT2D eigenvalue weighted by atomic mass is 16.5. The number of benzene rings is 1. The van der Waals surface area contributed by atoms with Gasteiger partial charge in [0.05, 0.1) is 18.9 Å². The third-order valence-electron chi connectivity index (χ3n) is 4.35. The fraction of sp³-hybridized carbons (Fsp3) is 0.474. The molecule has 0 aliphatic rings. The van der Waals surface area contributed by atoms with Crippen LogP contribution in [0, 0.1) is 12.3 Å². The minimum absolute atomic E-state index is 0.122. The summed E-state index contributed by atoms with van der Waals surface area (Å²) in [6.07, 6.45) is 2.82. The van der Waals surface area contributed by atoms with E-state index in [1.54, 1.807) is 0 Å². The summed E-state index contributed by atoms with van der Waals surface area (Å²) < 4.78 is 6.01. The Morgan fingerprint density at radius 2 is 1.87 bits per heavy atom. The summed E-state index contributed by atoms with van der Waals surface area (Å²) in [6.45, 7) is 6.71. The highest BCUT2D eigenvalue weighted by molar-refractivity contribution is 5.68. The number of aryl methyl sites for hydroxylation is 1. The van der Waals surface area contributed by atoms with Gasteiger partial charge in [-0.2, -0.15) is 5.10 Å². The molecule has 1 aromatic carbocycles. The molecule has 0 saturated carbocycles. The van der Waals surface area contributed by atoms with Crippen LogP contribution in [0.2, 0.25) is 0 Å². The largest absolute Gasteiger partial charge is 0.475 e. The van der Waals surface area contributed by atoms with Gasteiger partial charge in [-0.1, -0.05) is 50.6 Å². The predicted octanol–water partition coefficient (Wildman–Crippen LogP) is 4.02. The predicted molar refractivity (Wildman–Crippen MR) is 92.4 cm³/mol. The van der Waals surface area contributed by atoms with E-state index in [0.29, 0.717) is 12.5 Å². The first-order valence-corrected chi connectivity index (χ1v) is 8.27. The third kappa shape index (κ3) is 4.29. The Morgan fingerprint density at radius 3 is 2.48 bits per heavy atom. The number of hydrogen-bond acceptors (Lipinski definition) is 4. The Hall–Kier alpha value is -1.94. The smallest absolute Gasteiger partial charge is 0.241 e. The number of aromatic nitrogens is 2. The number of ether oxygens (including phenoxy) is 1. The van der Waals surface area contributed by atoms with Crippen LogP contribution in [0.5, 0.6) is 5.88 Å². The van der Waals surface area contributed by atoms with Crippen LogP contribution in [0.1, 0.15) is 38.8 Å². The standard InChI is InChI=1S/C19H26N2O2/c1-4-11-19(5-2,13-22)14-23-18-17(12-15(3)20-21-18)16-9-7-6-8-10-16/h6-10,12,22H,4-5,11,13-14H2,1-3H3. The Balaban J connectivity index is 2.26. The van der Waals surface area contributed by atoms with E-state index in [1.165, 1.54) is 0 Å². The molecule has 0 aliphatic carbocycles. The van der Waals surface area contributed by atoms with Gasteiger partial charge in [0, 0.05) is 11.0 Å². The van der Waals surface area contributed by atoms with Gasteiger partial charge in [0.25, 0.3) is 0 Å². The van der Waals surface area contributed by atoms with Crippen molar-refractivity contribution in [3.8, 4) is 17.0 Å². The van der Waals surface area contributed by atoms with Crippen LogP contribution >= 0.6 is 0 Å². The van der Waals surface area contributed by atoms with Crippen molar-refractivity contribution in [2.24, 2.45) is 5.41 Å². The second-order valence-electron chi connectivity index (χ2n) is 6.12. The molecule has 0 saturated heterocycles. The number of rotatable bonds is 8. The summed E-state index contributed by atoms with van der Waals surface area (Å²) in [5.41, 5.74) is 2.64. The van der Waals surface area contributed by atoms with Crippen LogP contribution in [-0.2, 0) is 0 Å². The first-order valence-electron chi connectivity index (χ1n) is 8.27. The molecule has 1 atom stereocenters. The van der Waals surface area contributed by atoms with Crippen molar-refractivity contribution in [3.05, 3.63) is 42.1 Å². The lowest BCUT2D eigenvalue weighted by Crippen LogP contribution is -2.32. The van der Waals surface area contributed by atoms with Crippen molar-refractivity contribution < 1.29 is 9.84 Å². The van der Waals surface area contributed by atoms with Gasteiger partial charge in [0.15, 0.2) is 0 Å². The van der Waals surface area contributed by atoms with Crippen molar-refractivity contribution in [3.63, 3.8) is 0 Å². The second kappa shape index (κ2) is 8.06. The first kappa shape index (κ1) is 17.4. The summed E-state index contributed by atoms with van der Waals surface area (Å²) in [7, 11) is 0. The van der Waals surface area contributed by atoms with Gasteiger partial charge in [0.1, 0.15) is 0 Å². The van der Waals surface area contributed by atoms with E-state index in [2.05, 4.69) is 24.0 Å². The number of nitrogens with zero attached hydrogens (tertiary/aromatic N) is 2. The van der Waals surface area contributed by atoms with Gasteiger partial charge in [-0.05, 0) is 31.4 Å². The number of aliphatic hydroxyl groups is 1. The van der Waals surface area contributed by atoms with Crippen molar-refractivity contribution in [1.82, 2.24) is 10.2 Å². The van der Waals surface area contributed by atoms with Crippen molar-refractivity contribution in [2.75, 3.05) is 13.2 Å². The van der Waals surface area contributed by atoms with E-state index in [-0.39, 0.29) is 12.0 Å². The van der Waals surface area contributed by atoms with Crippen LogP contribution in [-0.4, -0.2) is 28.5 Å². The number of hydrogen-bond donors (Lipinski definition) is 1. The SMILES string of the molecule is CCCC(CC)(CO)COc1nnc(C)cc1-c1ccccc1. The molecule has 0 bridgehead atoms. The maximum atomic E-state index is 9.80. The molecule has 1 aromatic heterocycles. The lowest BCUT2D eigenvalue weighted by atomic mass is 9.82. The van der Waals surface area contributed by atoms with Gasteiger partial charge in [-0.25, -0.2) is 0 Å². The minimum Gasteiger partial charge on any atom is -0.475 e. The third-order valence-corrected chi connectivity index (χ3v) is 4.35. The molecule has 0 amide bonds. The quantitative estimate of drug-likeness (QED) is 0.799. The van der Waals surface area contributed by atoms with Crippen LogP contribution < -0.4 is 4.74 Å². The Kier molecular flexibility index (Phi) is 6.11. The maximum absolute atomic E-state index is 9.80. The zero-order chi connectivity index (χ0) is 16.7. The molecular weight excluding hydrogens is 288 g/mol. The summed E-state index contributed by atoms with van der Waals surface area (Å²) in [6, 6.07) is 12.0. The summed E-state index contributed by atoms with van der Waals surface area (Å²) >= 11 is 0. The highest BCUT2D eigenvalue weighted by Crippen LogP contribution is 2.32. The topological polar surface area (TPSA) is 55.2 Å². The normalized spacial score (nSPS) is 13.6. The summed E-state index contributed by atoms with van der Waals surface area (Å²) in [4.78, 5) is 0. The van der Waals surface area contributed by atoms with Gasteiger partial charge in [0.2, 0.25) is 5.88 Å². The molecular formula is C19H26N2O2. The van der Waals surface area contributed by atoms with Gasteiger partial charge in [-0.15, -0.1) is 5.10 Å². The average Bonchev–Trinajstić information content (AvgIpc) is 2.60. The Morgan fingerprint density at radius 1 is 1.13 bits per heavy atom. The first-order chi connectivity index (χ1) is 11.1. The van der Waals surface area contributed by atoms with E-state index >= 15 is 0 Å². The summed E-state index contributed by atoms with van der Waals surface area (Å²) in [5, 5.41) is 18.2. The fourth-order valence-electron chi connectivity index (χ4n) is 2.75. The monoisotopic (exact) mass is 314 g/mol. The zero-order valence-corrected chi connectivity index (χ0v) is 14.2. The van der Waals surface area contributed by atoms with E-state index in [1.807, 2.05) is 43.3 Å². The zero-order valence-electron chi connectivity index (χ0n) is 14.2. The number of aliphatic hydroxyl groups excluding tert-OH is 1. The summed E-state index contributed by atoms with van der Waals surface area (Å²) in [5.74, 6) is 0.532. The van der Waals surface area contributed by atoms with E-state index in [0.717, 1.165) is 36.1 Å². The molecule has 2 rings (SSSR count). The lowest BCUT2D eigenvalue weighted by molar-refractivity contribution is 0.0519. The molecule has 2 aromatic rings. The molecule has 23 heavy (non-hydrogen) atoms. The molecule has 124 valence electrons. The lowest BCUT2D eigenvalue weighted by Gasteiger charge is -2.30. The van der Waals surface area contributed by atoms with E-state index in [9.17, 15) is 5.11 Å². The maximum Gasteiger partial charge on any atom is 0.241 e. The molecule has 0 fully saturated rings. The fourth-order valence-corrected chi connectivity index (χ4v) is 2.75. The average molecular weight is 314 g/mol. The van der Waals surface area contributed by atoms with Gasteiger partial charge >= 0.3 is 0 Å². The molecule has 4 nitrogen and oxygen atoms in total. The molecule has 4 heteroatoms. The molecule has 1 unspecified atom stereocenters. The van der Waals surface area contributed by atoms with Gasteiger partial charge in [-0.3, -0.25) is 0 Å². The van der Waals surface area contributed by atoms with Crippen molar-refractivity contribution in [1.29, 1.82) is 0 Å². The molecule has 1 N–H and O–H groups in total. The van der Waals surface area contributed by atoms with Crippen molar-refractivity contribution >= 4 is 0 Å². The van der Waals surface area contributed by atoms with Crippen molar-refractivity contribution in [2.45, 2.75) is 40.0 Å². The molecule has 0 aliphatic heterocycles. The molecule has 0 radical (unpaired) electrons. The van der Waals surface area contributed by atoms with Crippen LogP contribution in [0.3, 0.4) is 0 Å². The molecule has 1 heterocycles. The van der Waals surface area contributed by atoms with Gasteiger partial charge < -0.3 is 9.84 Å². The van der Waals surface area contributed by atoms with Crippen LogP contribution in [0.15, 0.2) is 36.4 Å². The molecule has 0 spiro atoms. The highest BCUT2D eigenvalue weighted by Gasteiger charge is 2.28. The second-order valence-corrected chi connectivity index (χ2v) is 6.12. The van der Waals surface area contributed by atoms with Crippen LogP contribution in [0.4, 0.5) is 0 Å². The Labute approximate surface area is 138 Å². The minimum atomic E-state index is -0.213. The van der Waals surface area contributed by atoms with E-state index < -0.39 is 0 Å².